The molecule has 0 unspecified atom stereocenters. The maximum Gasteiger partial charge on any atom is 0.244 e. The zero-order valence-corrected chi connectivity index (χ0v) is 22.9. The third-order valence-electron chi connectivity index (χ3n) is 5.62. The van der Waals surface area contributed by atoms with Crippen LogP contribution in [0.2, 0.25) is 0 Å². The molecule has 1 N–H and O–H groups in total. The fourth-order valence-corrected chi connectivity index (χ4v) is 4.63. The summed E-state index contributed by atoms with van der Waals surface area (Å²) in [6.07, 6.45) is 1.40. The third kappa shape index (κ3) is 7.61. The second kappa shape index (κ2) is 12.6. The summed E-state index contributed by atoms with van der Waals surface area (Å²) in [5.74, 6) is -0.0275. The molecule has 1 atom stereocenters. The number of hydrogen-bond donors (Lipinski definition) is 1. The first-order chi connectivity index (χ1) is 16.9. The van der Waals surface area contributed by atoms with Gasteiger partial charge >= 0.3 is 0 Å². The van der Waals surface area contributed by atoms with Crippen molar-refractivity contribution in [1.29, 1.82) is 0 Å². The van der Waals surface area contributed by atoms with E-state index in [9.17, 15) is 18.0 Å². The molecule has 0 fully saturated rings. The van der Waals surface area contributed by atoms with Crippen molar-refractivity contribution in [1.82, 2.24) is 10.2 Å². The summed E-state index contributed by atoms with van der Waals surface area (Å²) < 4.78 is 37.1. The largest absolute Gasteiger partial charge is 0.493 e. The van der Waals surface area contributed by atoms with E-state index in [1.54, 1.807) is 12.1 Å². The molecule has 0 aromatic heterocycles. The van der Waals surface area contributed by atoms with Gasteiger partial charge in [-0.1, -0.05) is 36.8 Å². The number of benzene rings is 2. The van der Waals surface area contributed by atoms with Gasteiger partial charge in [-0.05, 0) is 44.9 Å². The van der Waals surface area contributed by atoms with Gasteiger partial charge in [0.1, 0.15) is 12.6 Å². The second-order valence-electron chi connectivity index (χ2n) is 8.90. The Bertz CT molecular complexity index is 1150. The van der Waals surface area contributed by atoms with E-state index < -0.39 is 28.5 Å². The summed E-state index contributed by atoms with van der Waals surface area (Å²) in [4.78, 5) is 28.2. The predicted octanol–water partition coefficient (Wildman–Crippen LogP) is 3.11. The van der Waals surface area contributed by atoms with E-state index >= 15 is 0 Å². The molecule has 198 valence electrons. The minimum Gasteiger partial charge on any atom is -0.493 e. The van der Waals surface area contributed by atoms with Crippen LogP contribution < -0.4 is 19.1 Å². The highest BCUT2D eigenvalue weighted by molar-refractivity contribution is 7.92. The van der Waals surface area contributed by atoms with Crippen molar-refractivity contribution in [3.63, 3.8) is 0 Å². The van der Waals surface area contributed by atoms with Crippen molar-refractivity contribution in [2.45, 2.75) is 52.7 Å². The van der Waals surface area contributed by atoms with Gasteiger partial charge in [0.25, 0.3) is 0 Å². The number of sulfonamides is 1. The summed E-state index contributed by atoms with van der Waals surface area (Å²) in [5.41, 5.74) is 2.15. The molecule has 9 nitrogen and oxygen atoms in total. The first kappa shape index (κ1) is 29.0. The number of amides is 2. The van der Waals surface area contributed by atoms with E-state index in [1.807, 2.05) is 52.0 Å². The number of aryl methyl sites for hydroxylation is 1. The van der Waals surface area contributed by atoms with Crippen LogP contribution >= 0.6 is 0 Å². The molecule has 0 heterocycles. The molecule has 0 bridgehead atoms. The van der Waals surface area contributed by atoms with Crippen molar-refractivity contribution in [3.05, 3.63) is 53.6 Å². The standard InChI is InChI=1S/C26H37N3O6S/c1-8-22(26(31)27-18(2)3)28(16-20-11-9-19(4)10-12-20)25(30)17-29(36(7,32)33)21-13-14-23(34-5)24(15-21)35-6/h9-15,18,22H,8,16-17H2,1-7H3,(H,27,31)/t22-/m1/s1. The Labute approximate surface area is 214 Å². The van der Waals surface area contributed by atoms with Gasteiger partial charge in [-0.25, -0.2) is 8.42 Å². The monoisotopic (exact) mass is 519 g/mol. The number of nitrogens with one attached hydrogen (secondary N) is 1. The van der Waals surface area contributed by atoms with E-state index in [1.165, 1.54) is 25.2 Å². The van der Waals surface area contributed by atoms with Gasteiger partial charge in [-0.2, -0.15) is 0 Å². The number of ether oxygens (including phenoxy) is 2. The number of rotatable bonds is 12. The normalized spacial score (nSPS) is 12.1. The molecular weight excluding hydrogens is 482 g/mol. The summed E-state index contributed by atoms with van der Waals surface area (Å²) >= 11 is 0. The van der Waals surface area contributed by atoms with Crippen LogP contribution in [0.5, 0.6) is 11.5 Å². The third-order valence-corrected chi connectivity index (χ3v) is 6.77. The molecule has 0 saturated carbocycles. The number of hydrogen-bond acceptors (Lipinski definition) is 6. The second-order valence-corrected chi connectivity index (χ2v) is 10.8. The number of carbonyl (C=O) groups excluding carboxylic acids is 2. The first-order valence-corrected chi connectivity index (χ1v) is 13.6. The van der Waals surface area contributed by atoms with E-state index in [0.717, 1.165) is 21.7 Å². The molecule has 0 aliphatic heterocycles. The molecule has 2 rings (SSSR count). The summed E-state index contributed by atoms with van der Waals surface area (Å²) in [6, 6.07) is 11.4. The molecule has 0 spiro atoms. The van der Waals surface area contributed by atoms with Crippen LogP contribution in [0.1, 0.15) is 38.3 Å². The fraction of sp³-hybridized carbons (Fsp3) is 0.462. The summed E-state index contributed by atoms with van der Waals surface area (Å²) in [5, 5.41) is 2.87. The van der Waals surface area contributed by atoms with Gasteiger partial charge in [0.2, 0.25) is 21.8 Å². The Morgan fingerprint density at radius 2 is 1.61 bits per heavy atom. The Balaban J connectivity index is 2.48. The molecule has 0 saturated heterocycles. The lowest BCUT2D eigenvalue weighted by atomic mass is 10.1. The number of carbonyl (C=O) groups is 2. The van der Waals surface area contributed by atoms with Gasteiger partial charge in [0.05, 0.1) is 26.2 Å². The zero-order valence-electron chi connectivity index (χ0n) is 22.1. The quantitative estimate of drug-likeness (QED) is 0.462. The molecule has 0 aliphatic rings. The van der Waals surface area contributed by atoms with E-state index in [-0.39, 0.29) is 24.2 Å². The van der Waals surface area contributed by atoms with Crippen LogP contribution in [-0.4, -0.2) is 64.2 Å². The van der Waals surface area contributed by atoms with Crippen LogP contribution in [0, 0.1) is 6.92 Å². The molecule has 0 aliphatic carbocycles. The van der Waals surface area contributed by atoms with E-state index in [0.29, 0.717) is 17.9 Å². The number of methoxy groups -OCH3 is 2. The van der Waals surface area contributed by atoms with Crippen molar-refractivity contribution < 1.29 is 27.5 Å². The summed E-state index contributed by atoms with van der Waals surface area (Å²) in [6.45, 7) is 7.16. The molecular formula is C26H37N3O6S. The van der Waals surface area contributed by atoms with Crippen molar-refractivity contribution in [2.24, 2.45) is 0 Å². The molecule has 36 heavy (non-hydrogen) atoms. The lowest BCUT2D eigenvalue weighted by Crippen LogP contribution is -2.53. The van der Waals surface area contributed by atoms with Crippen LogP contribution in [0.25, 0.3) is 0 Å². The van der Waals surface area contributed by atoms with Gasteiger partial charge < -0.3 is 19.7 Å². The van der Waals surface area contributed by atoms with E-state index in [2.05, 4.69) is 5.32 Å². The molecule has 0 radical (unpaired) electrons. The minimum absolute atomic E-state index is 0.109. The van der Waals surface area contributed by atoms with Crippen molar-refractivity contribution in [2.75, 3.05) is 31.3 Å². The molecule has 2 aromatic carbocycles. The Hall–Kier alpha value is -3.27. The van der Waals surface area contributed by atoms with Gasteiger partial charge in [0, 0.05) is 18.7 Å². The SMILES string of the molecule is CC[C@H](C(=O)NC(C)C)N(Cc1ccc(C)cc1)C(=O)CN(c1ccc(OC)c(OC)c1)S(C)(=O)=O. The van der Waals surface area contributed by atoms with Gasteiger partial charge in [-0.15, -0.1) is 0 Å². The number of nitrogens with zero attached hydrogens (tertiary/aromatic N) is 2. The van der Waals surface area contributed by atoms with Crippen LogP contribution in [0.15, 0.2) is 42.5 Å². The maximum atomic E-state index is 13.7. The van der Waals surface area contributed by atoms with Crippen LogP contribution in [-0.2, 0) is 26.2 Å². The average Bonchev–Trinajstić information content (AvgIpc) is 2.81. The fourth-order valence-electron chi connectivity index (χ4n) is 3.78. The minimum atomic E-state index is -3.85. The summed E-state index contributed by atoms with van der Waals surface area (Å²) in [7, 11) is -0.930. The molecule has 10 heteroatoms. The van der Waals surface area contributed by atoms with Crippen molar-refractivity contribution >= 4 is 27.5 Å². The molecule has 2 amide bonds. The Kier molecular flexibility index (Phi) is 10.2. The first-order valence-electron chi connectivity index (χ1n) is 11.8. The zero-order chi connectivity index (χ0) is 27.0. The van der Waals surface area contributed by atoms with Gasteiger partial charge in [0.15, 0.2) is 11.5 Å². The van der Waals surface area contributed by atoms with Gasteiger partial charge in [-0.3, -0.25) is 13.9 Å². The Morgan fingerprint density at radius 1 is 1.00 bits per heavy atom. The molecule has 2 aromatic rings. The highest BCUT2D eigenvalue weighted by Crippen LogP contribution is 2.32. The Morgan fingerprint density at radius 3 is 2.11 bits per heavy atom. The maximum absolute atomic E-state index is 13.7. The highest BCUT2D eigenvalue weighted by Gasteiger charge is 2.32. The smallest absolute Gasteiger partial charge is 0.244 e. The lowest BCUT2D eigenvalue weighted by Gasteiger charge is -2.33. The topological polar surface area (TPSA) is 105 Å². The highest BCUT2D eigenvalue weighted by atomic mass is 32.2. The van der Waals surface area contributed by atoms with Crippen molar-refractivity contribution in [3.8, 4) is 11.5 Å². The van der Waals surface area contributed by atoms with E-state index in [4.69, 9.17) is 9.47 Å². The lowest BCUT2D eigenvalue weighted by molar-refractivity contribution is -0.140. The number of anilines is 1. The van der Waals surface area contributed by atoms with Crippen LogP contribution in [0.3, 0.4) is 0 Å². The van der Waals surface area contributed by atoms with Crippen LogP contribution in [0.4, 0.5) is 5.69 Å². The predicted molar refractivity (Wildman–Crippen MR) is 141 cm³/mol. The average molecular weight is 520 g/mol.